The molecule has 1 aliphatic heterocycles. The largest absolute Gasteiger partial charge is 0.381 e. The van der Waals surface area contributed by atoms with Crippen LogP contribution in [0.3, 0.4) is 0 Å². The Kier molecular flexibility index (Phi) is 5.88. The van der Waals surface area contributed by atoms with Crippen LogP contribution in [0.5, 0.6) is 0 Å². The second-order valence-corrected chi connectivity index (χ2v) is 5.73. The molecule has 0 unspecified atom stereocenters. The van der Waals surface area contributed by atoms with Crippen LogP contribution in [0.4, 0.5) is 4.79 Å². The lowest BCUT2D eigenvalue weighted by molar-refractivity contribution is 0.0469. The molecule has 1 aromatic carbocycles. The van der Waals surface area contributed by atoms with Gasteiger partial charge in [-0.25, -0.2) is 4.79 Å². The van der Waals surface area contributed by atoms with Crippen LogP contribution in [0.25, 0.3) is 0 Å². The molecule has 2 rings (SSSR count). The van der Waals surface area contributed by atoms with Crippen LogP contribution in [-0.2, 0) is 4.74 Å². The zero-order valence-electron chi connectivity index (χ0n) is 12.6. The molecule has 1 heterocycles. The number of nitrogens with zero attached hydrogens (tertiary/aromatic N) is 1. The van der Waals surface area contributed by atoms with E-state index in [0.717, 1.165) is 31.6 Å². The van der Waals surface area contributed by atoms with Crippen molar-refractivity contribution in [3.05, 3.63) is 34.9 Å². The first-order valence-corrected chi connectivity index (χ1v) is 7.90. The monoisotopic (exact) mass is 310 g/mol. The van der Waals surface area contributed by atoms with E-state index >= 15 is 0 Å². The third-order valence-corrected chi connectivity index (χ3v) is 4.29. The van der Waals surface area contributed by atoms with E-state index in [9.17, 15) is 4.79 Å². The second kappa shape index (κ2) is 7.66. The summed E-state index contributed by atoms with van der Waals surface area (Å²) in [5, 5.41) is 3.73. The Morgan fingerprint density at radius 2 is 2.10 bits per heavy atom. The lowest BCUT2D eigenvalue weighted by atomic mass is 10.1. The van der Waals surface area contributed by atoms with Crippen LogP contribution >= 0.6 is 11.6 Å². The highest BCUT2D eigenvalue weighted by Crippen LogP contribution is 2.23. The molecule has 0 radical (unpaired) electrons. The fourth-order valence-electron chi connectivity index (χ4n) is 2.74. The molecule has 21 heavy (non-hydrogen) atoms. The highest BCUT2D eigenvalue weighted by molar-refractivity contribution is 6.31. The fraction of sp³-hybridized carbons (Fsp3) is 0.562. The molecule has 116 valence electrons. The van der Waals surface area contributed by atoms with Crippen molar-refractivity contribution in [1.82, 2.24) is 10.2 Å². The number of benzene rings is 1. The summed E-state index contributed by atoms with van der Waals surface area (Å²) in [6, 6.07) is 7.73. The Hall–Kier alpha value is -1.26. The molecule has 4 nitrogen and oxygen atoms in total. The van der Waals surface area contributed by atoms with E-state index < -0.39 is 0 Å². The molecule has 0 aromatic heterocycles. The van der Waals surface area contributed by atoms with Gasteiger partial charge >= 0.3 is 6.03 Å². The zero-order valence-corrected chi connectivity index (χ0v) is 13.4. The predicted molar refractivity (Wildman–Crippen MR) is 84.6 cm³/mol. The number of hydrogen-bond acceptors (Lipinski definition) is 2. The molecule has 0 spiro atoms. The Balaban J connectivity index is 2.00. The van der Waals surface area contributed by atoms with Gasteiger partial charge in [0.1, 0.15) is 0 Å². The molecule has 1 saturated heterocycles. The van der Waals surface area contributed by atoms with Gasteiger partial charge in [0.2, 0.25) is 0 Å². The molecule has 0 bridgehead atoms. The van der Waals surface area contributed by atoms with Crippen LogP contribution in [0.1, 0.15) is 38.3 Å². The van der Waals surface area contributed by atoms with Gasteiger partial charge in [-0.05, 0) is 38.3 Å². The van der Waals surface area contributed by atoms with E-state index in [1.807, 2.05) is 43.0 Å². The van der Waals surface area contributed by atoms with Gasteiger partial charge in [-0.15, -0.1) is 0 Å². The summed E-state index contributed by atoms with van der Waals surface area (Å²) in [4.78, 5) is 14.4. The number of amides is 2. The summed E-state index contributed by atoms with van der Waals surface area (Å²) >= 11 is 6.18. The van der Waals surface area contributed by atoms with Crippen molar-refractivity contribution in [2.75, 3.05) is 19.8 Å². The van der Waals surface area contributed by atoms with Crippen molar-refractivity contribution in [2.45, 2.75) is 38.8 Å². The fourth-order valence-corrected chi connectivity index (χ4v) is 3.04. The van der Waals surface area contributed by atoms with E-state index in [1.54, 1.807) is 0 Å². The standard InChI is InChI=1S/C16H23ClN2O2/c1-3-19(13-8-10-21-11-9-13)16(20)18-12(2)14-6-4-5-7-15(14)17/h4-7,12-13H,3,8-11H2,1-2H3,(H,18,20)/t12-/m1/s1. The van der Waals surface area contributed by atoms with E-state index in [1.165, 1.54) is 0 Å². The first-order valence-electron chi connectivity index (χ1n) is 7.52. The van der Waals surface area contributed by atoms with Crippen molar-refractivity contribution < 1.29 is 9.53 Å². The molecule has 5 heteroatoms. The first-order chi connectivity index (χ1) is 10.1. The summed E-state index contributed by atoms with van der Waals surface area (Å²) in [5.41, 5.74) is 0.940. The molecule has 2 amide bonds. The number of carbonyl (C=O) groups is 1. The van der Waals surface area contributed by atoms with Crippen molar-refractivity contribution in [2.24, 2.45) is 0 Å². The van der Waals surface area contributed by atoms with Crippen LogP contribution in [-0.4, -0.2) is 36.7 Å². The van der Waals surface area contributed by atoms with Gasteiger partial charge in [0.05, 0.1) is 6.04 Å². The van der Waals surface area contributed by atoms with Gasteiger partial charge in [-0.3, -0.25) is 0 Å². The van der Waals surface area contributed by atoms with Gasteiger partial charge < -0.3 is 15.0 Å². The average Bonchev–Trinajstić information content (AvgIpc) is 2.49. The van der Waals surface area contributed by atoms with E-state index in [0.29, 0.717) is 11.6 Å². The Morgan fingerprint density at radius 3 is 2.71 bits per heavy atom. The first kappa shape index (κ1) is 16.1. The Bertz CT molecular complexity index is 475. The number of carbonyl (C=O) groups excluding carboxylic acids is 1. The molecule has 0 saturated carbocycles. The third kappa shape index (κ3) is 4.11. The topological polar surface area (TPSA) is 41.6 Å². The van der Waals surface area contributed by atoms with Crippen molar-refractivity contribution >= 4 is 17.6 Å². The molecule has 1 N–H and O–H groups in total. The zero-order chi connectivity index (χ0) is 15.2. The molecule has 1 fully saturated rings. The quantitative estimate of drug-likeness (QED) is 0.923. The van der Waals surface area contributed by atoms with Crippen LogP contribution in [0, 0.1) is 0 Å². The molecular weight excluding hydrogens is 288 g/mol. The van der Waals surface area contributed by atoms with Gasteiger partial charge in [0, 0.05) is 30.8 Å². The van der Waals surface area contributed by atoms with Crippen LogP contribution in [0.15, 0.2) is 24.3 Å². The maximum atomic E-state index is 12.5. The second-order valence-electron chi connectivity index (χ2n) is 5.32. The normalized spacial score (nSPS) is 17.3. The maximum Gasteiger partial charge on any atom is 0.318 e. The molecule has 1 aromatic rings. The summed E-state index contributed by atoms with van der Waals surface area (Å²) < 4.78 is 5.36. The molecule has 0 aliphatic carbocycles. The van der Waals surface area contributed by atoms with E-state index in [4.69, 9.17) is 16.3 Å². The van der Waals surface area contributed by atoms with Gasteiger partial charge in [0.15, 0.2) is 0 Å². The molecule has 1 aliphatic rings. The summed E-state index contributed by atoms with van der Waals surface area (Å²) in [6.45, 7) is 6.13. The van der Waals surface area contributed by atoms with Gasteiger partial charge in [0.25, 0.3) is 0 Å². The lowest BCUT2D eigenvalue weighted by Gasteiger charge is -2.34. The number of rotatable bonds is 4. The molecule has 1 atom stereocenters. The number of halogens is 1. The average molecular weight is 311 g/mol. The number of nitrogens with one attached hydrogen (secondary N) is 1. The number of ether oxygens (including phenoxy) is 1. The minimum absolute atomic E-state index is 0.0307. The van der Waals surface area contributed by atoms with Crippen molar-refractivity contribution in [3.63, 3.8) is 0 Å². The summed E-state index contributed by atoms with van der Waals surface area (Å²) in [6.07, 6.45) is 1.81. The lowest BCUT2D eigenvalue weighted by Crippen LogP contribution is -2.48. The SMILES string of the molecule is CCN(C(=O)N[C@H](C)c1ccccc1Cl)C1CCOCC1. The van der Waals surface area contributed by atoms with E-state index in [2.05, 4.69) is 5.32 Å². The number of urea groups is 1. The van der Waals surface area contributed by atoms with Gasteiger partial charge in [-0.2, -0.15) is 0 Å². The third-order valence-electron chi connectivity index (χ3n) is 3.94. The summed E-state index contributed by atoms with van der Waals surface area (Å²) in [5.74, 6) is 0. The highest BCUT2D eigenvalue weighted by atomic mass is 35.5. The van der Waals surface area contributed by atoms with E-state index in [-0.39, 0.29) is 18.1 Å². The van der Waals surface area contributed by atoms with Crippen molar-refractivity contribution in [1.29, 1.82) is 0 Å². The van der Waals surface area contributed by atoms with Gasteiger partial charge in [-0.1, -0.05) is 29.8 Å². The summed E-state index contributed by atoms with van der Waals surface area (Å²) in [7, 11) is 0. The predicted octanol–water partition coefficient (Wildman–Crippen LogP) is 3.61. The minimum atomic E-state index is -0.111. The Morgan fingerprint density at radius 1 is 1.43 bits per heavy atom. The minimum Gasteiger partial charge on any atom is -0.381 e. The Labute approximate surface area is 131 Å². The highest BCUT2D eigenvalue weighted by Gasteiger charge is 2.25. The van der Waals surface area contributed by atoms with Crippen molar-refractivity contribution in [3.8, 4) is 0 Å². The smallest absolute Gasteiger partial charge is 0.318 e. The van der Waals surface area contributed by atoms with Crippen LogP contribution in [0.2, 0.25) is 5.02 Å². The number of hydrogen-bond donors (Lipinski definition) is 1. The maximum absolute atomic E-state index is 12.5. The van der Waals surface area contributed by atoms with Crippen LogP contribution < -0.4 is 5.32 Å². The molecular formula is C16H23ClN2O2.